The van der Waals surface area contributed by atoms with Gasteiger partial charge in [-0.05, 0) is 51.9 Å². The molecule has 106 valence electrons. The molecule has 3 nitrogen and oxygen atoms in total. The third-order valence-electron chi connectivity index (χ3n) is 4.56. The van der Waals surface area contributed by atoms with E-state index in [1.807, 2.05) is 6.26 Å². The molecule has 3 atom stereocenters. The van der Waals surface area contributed by atoms with E-state index in [1.165, 1.54) is 51.9 Å². The van der Waals surface area contributed by atoms with Gasteiger partial charge < -0.3 is 4.90 Å². The van der Waals surface area contributed by atoms with E-state index in [0.29, 0.717) is 5.25 Å². The fourth-order valence-electron chi connectivity index (χ4n) is 3.18. The minimum absolute atomic E-state index is 0.343. The van der Waals surface area contributed by atoms with Crippen LogP contribution in [0.5, 0.6) is 0 Å². The van der Waals surface area contributed by atoms with E-state index < -0.39 is 10.8 Å². The van der Waals surface area contributed by atoms with E-state index >= 15 is 0 Å². The van der Waals surface area contributed by atoms with E-state index in [0.717, 1.165) is 19.0 Å². The fourth-order valence-corrected chi connectivity index (χ4v) is 3.62. The normalized spacial score (nSPS) is 30.4. The van der Waals surface area contributed by atoms with Gasteiger partial charge in [0.2, 0.25) is 0 Å². The van der Waals surface area contributed by atoms with Gasteiger partial charge in [-0.2, -0.15) is 0 Å². The smallest absolute Gasteiger partial charge is 0.0329 e. The van der Waals surface area contributed by atoms with Gasteiger partial charge in [-0.3, -0.25) is 9.11 Å². The standard InChI is InChI=1S/C14H28N2OS/c1-13(18(2)17)7-11-15-8-5-10-16-9-4-3-6-14(16)12-15/h13-14H,3-12H2,1-2H3. The zero-order valence-corrected chi connectivity index (χ0v) is 12.8. The lowest BCUT2D eigenvalue weighted by atomic mass is 10.0. The maximum atomic E-state index is 11.4. The second-order valence-corrected chi connectivity index (χ2v) is 7.74. The summed E-state index contributed by atoms with van der Waals surface area (Å²) < 4.78 is 11.4. The molecule has 18 heavy (non-hydrogen) atoms. The van der Waals surface area contributed by atoms with Crippen LogP contribution in [0.3, 0.4) is 0 Å². The van der Waals surface area contributed by atoms with Gasteiger partial charge in [0, 0.05) is 34.9 Å². The zero-order chi connectivity index (χ0) is 13.0. The van der Waals surface area contributed by atoms with E-state index in [2.05, 4.69) is 16.7 Å². The number of hydrogen-bond acceptors (Lipinski definition) is 3. The van der Waals surface area contributed by atoms with Crippen LogP contribution in [-0.4, -0.2) is 64.3 Å². The minimum atomic E-state index is -0.664. The van der Waals surface area contributed by atoms with Crippen molar-refractivity contribution in [1.29, 1.82) is 0 Å². The van der Waals surface area contributed by atoms with Gasteiger partial charge in [-0.25, -0.2) is 0 Å². The molecule has 0 aromatic heterocycles. The Morgan fingerprint density at radius 2 is 2.00 bits per heavy atom. The Balaban J connectivity index is 1.80. The van der Waals surface area contributed by atoms with Crippen LogP contribution in [0, 0.1) is 0 Å². The lowest BCUT2D eigenvalue weighted by molar-refractivity contribution is 0.136. The van der Waals surface area contributed by atoms with Gasteiger partial charge in [0.15, 0.2) is 0 Å². The minimum Gasteiger partial charge on any atom is -0.302 e. The lowest BCUT2D eigenvalue weighted by Gasteiger charge is -2.35. The summed E-state index contributed by atoms with van der Waals surface area (Å²) in [6.45, 7) is 8.31. The monoisotopic (exact) mass is 272 g/mol. The molecule has 2 rings (SSSR count). The second-order valence-electron chi connectivity index (χ2n) is 5.94. The molecule has 2 fully saturated rings. The van der Waals surface area contributed by atoms with E-state index in [4.69, 9.17) is 0 Å². The summed E-state index contributed by atoms with van der Waals surface area (Å²) in [7, 11) is -0.664. The second kappa shape index (κ2) is 7.01. The summed E-state index contributed by atoms with van der Waals surface area (Å²) in [6, 6.07) is 0.795. The molecule has 0 aromatic rings. The van der Waals surface area contributed by atoms with Crippen LogP contribution >= 0.6 is 0 Å². The van der Waals surface area contributed by atoms with Crippen molar-refractivity contribution in [3.05, 3.63) is 0 Å². The quantitative estimate of drug-likeness (QED) is 0.778. The molecule has 2 heterocycles. The van der Waals surface area contributed by atoms with E-state index in [1.54, 1.807) is 0 Å². The van der Waals surface area contributed by atoms with Crippen molar-refractivity contribution in [2.45, 2.75) is 50.3 Å². The maximum Gasteiger partial charge on any atom is 0.0329 e. The summed E-state index contributed by atoms with van der Waals surface area (Å²) in [5, 5.41) is 0.343. The number of rotatable bonds is 4. The van der Waals surface area contributed by atoms with Crippen LogP contribution < -0.4 is 0 Å². The zero-order valence-electron chi connectivity index (χ0n) is 11.9. The van der Waals surface area contributed by atoms with Crippen LogP contribution in [0.1, 0.15) is 39.0 Å². The van der Waals surface area contributed by atoms with Crippen LogP contribution in [0.25, 0.3) is 0 Å². The molecule has 0 radical (unpaired) electrons. The fraction of sp³-hybridized carbons (Fsp3) is 1.00. The highest BCUT2D eigenvalue weighted by molar-refractivity contribution is 7.84. The van der Waals surface area contributed by atoms with Crippen molar-refractivity contribution in [3.63, 3.8) is 0 Å². The summed E-state index contributed by atoms with van der Waals surface area (Å²) in [4.78, 5) is 5.31. The third-order valence-corrected chi connectivity index (χ3v) is 5.93. The highest BCUT2D eigenvalue weighted by Crippen LogP contribution is 2.21. The van der Waals surface area contributed by atoms with E-state index in [9.17, 15) is 4.21 Å². The first-order chi connectivity index (χ1) is 8.66. The Kier molecular flexibility index (Phi) is 5.64. The van der Waals surface area contributed by atoms with Crippen molar-refractivity contribution in [2.75, 3.05) is 39.0 Å². The summed E-state index contributed by atoms with van der Waals surface area (Å²) in [6.07, 6.45) is 8.39. The summed E-state index contributed by atoms with van der Waals surface area (Å²) in [5.41, 5.74) is 0. The number of hydrogen-bond donors (Lipinski definition) is 0. The molecule has 2 aliphatic rings. The highest BCUT2D eigenvalue weighted by Gasteiger charge is 2.26. The van der Waals surface area contributed by atoms with Crippen LogP contribution in [0.2, 0.25) is 0 Å². The van der Waals surface area contributed by atoms with E-state index in [-0.39, 0.29) is 0 Å². The largest absolute Gasteiger partial charge is 0.302 e. The first-order valence-electron chi connectivity index (χ1n) is 7.45. The highest BCUT2D eigenvalue weighted by atomic mass is 32.2. The number of piperidine rings is 1. The molecule has 2 saturated heterocycles. The van der Waals surface area contributed by atoms with Crippen molar-refractivity contribution in [3.8, 4) is 0 Å². The maximum absolute atomic E-state index is 11.4. The Morgan fingerprint density at radius 3 is 2.78 bits per heavy atom. The first-order valence-corrected chi connectivity index (χ1v) is 9.07. The Hall–Kier alpha value is 0.0700. The SMILES string of the molecule is CC(CCN1CCCN2CCCCC2C1)S(C)=O. The molecule has 0 bridgehead atoms. The van der Waals surface area contributed by atoms with Crippen LogP contribution in [0.15, 0.2) is 0 Å². The lowest BCUT2D eigenvalue weighted by Crippen LogP contribution is -2.44. The molecule has 0 N–H and O–H groups in total. The van der Waals surface area contributed by atoms with Gasteiger partial charge in [-0.1, -0.05) is 13.3 Å². The van der Waals surface area contributed by atoms with Gasteiger partial charge in [0.1, 0.15) is 0 Å². The van der Waals surface area contributed by atoms with Crippen molar-refractivity contribution in [1.82, 2.24) is 9.80 Å². The predicted molar refractivity (Wildman–Crippen MR) is 78.4 cm³/mol. The molecule has 0 spiro atoms. The molecule has 0 saturated carbocycles. The van der Waals surface area contributed by atoms with Gasteiger partial charge in [-0.15, -0.1) is 0 Å². The topological polar surface area (TPSA) is 23.6 Å². The Bertz CT molecular complexity index is 285. The molecule has 2 aliphatic heterocycles. The van der Waals surface area contributed by atoms with Crippen LogP contribution in [-0.2, 0) is 10.8 Å². The molecule has 0 amide bonds. The Morgan fingerprint density at radius 1 is 1.22 bits per heavy atom. The number of nitrogens with zero attached hydrogens (tertiary/aromatic N) is 2. The summed E-state index contributed by atoms with van der Waals surface area (Å²) >= 11 is 0. The molecule has 4 heteroatoms. The summed E-state index contributed by atoms with van der Waals surface area (Å²) in [5.74, 6) is 0. The van der Waals surface area contributed by atoms with Crippen molar-refractivity contribution in [2.24, 2.45) is 0 Å². The average Bonchev–Trinajstić information content (AvgIpc) is 2.57. The van der Waals surface area contributed by atoms with Crippen molar-refractivity contribution < 1.29 is 4.21 Å². The molecular formula is C14H28N2OS. The average molecular weight is 272 g/mol. The molecule has 0 aliphatic carbocycles. The molecule has 3 unspecified atom stereocenters. The molecular weight excluding hydrogens is 244 g/mol. The number of fused-ring (bicyclic) bond motifs is 1. The third kappa shape index (κ3) is 4.04. The Labute approximate surface area is 114 Å². The predicted octanol–water partition coefficient (Wildman–Crippen LogP) is 1.70. The van der Waals surface area contributed by atoms with Gasteiger partial charge >= 0.3 is 0 Å². The van der Waals surface area contributed by atoms with Gasteiger partial charge in [0.05, 0.1) is 0 Å². The molecule has 0 aromatic carbocycles. The first kappa shape index (κ1) is 14.5. The van der Waals surface area contributed by atoms with Crippen molar-refractivity contribution >= 4 is 10.8 Å². The van der Waals surface area contributed by atoms with Gasteiger partial charge in [0.25, 0.3) is 0 Å². The van der Waals surface area contributed by atoms with Crippen LogP contribution in [0.4, 0.5) is 0 Å².